The molecule has 0 bridgehead atoms. The fourth-order valence-electron chi connectivity index (χ4n) is 1.64. The highest BCUT2D eigenvalue weighted by Crippen LogP contribution is 2.21. The Bertz CT molecular complexity index is 154. The molecular weight excluding hydrogens is 224 g/mol. The first kappa shape index (κ1) is 15.3. The van der Waals surface area contributed by atoms with Crippen LogP contribution in [-0.4, -0.2) is 35.2 Å². The van der Waals surface area contributed by atoms with Gasteiger partial charge in [-0.05, 0) is 32.2 Å². The second-order valence-corrected chi connectivity index (χ2v) is 12.9. The quantitative estimate of drug-likeness (QED) is 0.673. The predicted octanol–water partition coefficient (Wildman–Crippen LogP) is 2.72. The molecule has 0 fully saturated rings. The first-order chi connectivity index (χ1) is 6.83. The summed E-state index contributed by atoms with van der Waals surface area (Å²) in [6.45, 7) is 11.3. The number of aliphatic hydroxyl groups is 1. The third kappa shape index (κ3) is 8.16. The molecule has 0 aromatic rings. The highest BCUT2D eigenvalue weighted by molar-refractivity contribution is 6.82. The van der Waals surface area contributed by atoms with E-state index in [4.69, 9.17) is 13.6 Å². The van der Waals surface area contributed by atoms with Crippen molar-refractivity contribution in [1.29, 1.82) is 0 Å². The van der Waals surface area contributed by atoms with Gasteiger partial charge in [0.15, 0.2) is 8.32 Å². The Morgan fingerprint density at radius 1 is 1.13 bits per heavy atom. The Labute approximate surface area is 96.2 Å². The van der Waals surface area contributed by atoms with Crippen molar-refractivity contribution in [2.45, 2.75) is 52.0 Å². The zero-order valence-corrected chi connectivity index (χ0v) is 12.8. The van der Waals surface area contributed by atoms with Crippen molar-refractivity contribution in [2.24, 2.45) is 0 Å². The average Bonchev–Trinajstić information content (AvgIpc) is 2.10. The minimum Gasteiger partial charge on any atom is -0.436 e. The van der Waals surface area contributed by atoms with E-state index in [0.29, 0.717) is 6.61 Å². The van der Waals surface area contributed by atoms with Crippen LogP contribution in [0.2, 0.25) is 32.2 Å². The molecule has 0 radical (unpaired) electrons. The zero-order chi connectivity index (χ0) is 11.9. The monoisotopic (exact) mass is 250 g/mol. The number of hydrogen-bond acceptors (Lipinski definition) is 3. The van der Waals surface area contributed by atoms with E-state index in [1.54, 1.807) is 0 Å². The smallest absolute Gasteiger partial charge is 0.321 e. The van der Waals surface area contributed by atoms with Gasteiger partial charge in [0.25, 0.3) is 0 Å². The molecule has 92 valence electrons. The van der Waals surface area contributed by atoms with Crippen LogP contribution in [-0.2, 0) is 8.54 Å². The largest absolute Gasteiger partial charge is 0.436 e. The maximum absolute atomic E-state index is 8.72. The van der Waals surface area contributed by atoms with Gasteiger partial charge in [-0.15, -0.1) is 0 Å². The molecular formula is C10H26O3Si2. The van der Waals surface area contributed by atoms with Gasteiger partial charge in [-0.2, -0.15) is 0 Å². The van der Waals surface area contributed by atoms with E-state index >= 15 is 0 Å². The lowest BCUT2D eigenvalue weighted by Gasteiger charge is -2.33. The van der Waals surface area contributed by atoms with Crippen LogP contribution in [0.1, 0.15) is 19.8 Å². The van der Waals surface area contributed by atoms with Crippen molar-refractivity contribution in [3.8, 4) is 0 Å². The van der Waals surface area contributed by atoms with Gasteiger partial charge in [0.05, 0.1) is 13.2 Å². The topological polar surface area (TPSA) is 38.7 Å². The first-order valence-electron chi connectivity index (χ1n) is 5.78. The summed E-state index contributed by atoms with van der Waals surface area (Å²) >= 11 is 0. The summed E-state index contributed by atoms with van der Waals surface area (Å²) in [4.78, 5) is 0. The van der Waals surface area contributed by atoms with Gasteiger partial charge in [0, 0.05) is 0 Å². The molecule has 0 aliphatic heterocycles. The Hall–Kier alpha value is 0.314. The van der Waals surface area contributed by atoms with Crippen LogP contribution in [0.15, 0.2) is 0 Å². The third-order valence-electron chi connectivity index (χ3n) is 2.20. The highest BCUT2D eigenvalue weighted by Gasteiger charge is 2.33. The fraction of sp³-hybridized carbons (Fsp3) is 1.00. The van der Waals surface area contributed by atoms with Crippen molar-refractivity contribution >= 4 is 16.9 Å². The molecule has 0 aliphatic carbocycles. The molecule has 0 rings (SSSR count). The number of aliphatic hydroxyl groups excluding tert-OH is 1. The van der Waals surface area contributed by atoms with Crippen LogP contribution >= 0.6 is 0 Å². The van der Waals surface area contributed by atoms with Crippen LogP contribution in [0.3, 0.4) is 0 Å². The predicted molar refractivity (Wildman–Crippen MR) is 68.8 cm³/mol. The van der Waals surface area contributed by atoms with Crippen LogP contribution in [0.25, 0.3) is 0 Å². The Morgan fingerprint density at radius 3 is 2.20 bits per heavy atom. The average molecular weight is 250 g/mol. The molecule has 0 atom stereocenters. The number of hydrogen-bond donors (Lipinski definition) is 1. The van der Waals surface area contributed by atoms with E-state index in [-0.39, 0.29) is 6.61 Å². The molecule has 0 unspecified atom stereocenters. The molecule has 0 aliphatic rings. The normalized spacial score (nSPS) is 13.2. The van der Waals surface area contributed by atoms with E-state index in [9.17, 15) is 0 Å². The van der Waals surface area contributed by atoms with Crippen molar-refractivity contribution in [1.82, 2.24) is 0 Å². The van der Waals surface area contributed by atoms with Gasteiger partial charge in [-0.3, -0.25) is 0 Å². The molecule has 0 heterocycles. The lowest BCUT2D eigenvalue weighted by atomic mass is 10.4. The maximum atomic E-state index is 8.72. The standard InChI is InChI=1S/C10H26O3Si2/c1-6-7-10-14(2,3)13-15(4,5)12-9-8-11/h11H,6-10H2,1-5H3. The van der Waals surface area contributed by atoms with Gasteiger partial charge < -0.3 is 13.6 Å². The van der Waals surface area contributed by atoms with Gasteiger partial charge >= 0.3 is 8.56 Å². The summed E-state index contributed by atoms with van der Waals surface area (Å²) in [6.07, 6.45) is 2.46. The van der Waals surface area contributed by atoms with Crippen molar-refractivity contribution < 1.29 is 13.6 Å². The minimum absolute atomic E-state index is 0.0801. The molecule has 1 N–H and O–H groups in total. The van der Waals surface area contributed by atoms with E-state index < -0.39 is 16.9 Å². The molecule has 3 nitrogen and oxygen atoms in total. The summed E-state index contributed by atoms with van der Waals surface area (Å²) in [7, 11) is -3.56. The van der Waals surface area contributed by atoms with Crippen LogP contribution in [0.4, 0.5) is 0 Å². The lowest BCUT2D eigenvalue weighted by molar-refractivity contribution is 0.171. The Morgan fingerprint density at radius 2 is 1.73 bits per heavy atom. The summed E-state index contributed by atoms with van der Waals surface area (Å²) in [6, 6.07) is 1.20. The second-order valence-electron chi connectivity index (χ2n) is 4.94. The summed E-state index contributed by atoms with van der Waals surface area (Å²) in [5.74, 6) is 0. The van der Waals surface area contributed by atoms with E-state index in [0.717, 1.165) is 0 Å². The van der Waals surface area contributed by atoms with Gasteiger partial charge in [0.1, 0.15) is 0 Å². The minimum atomic E-state index is -2.01. The van der Waals surface area contributed by atoms with E-state index in [1.807, 2.05) is 0 Å². The van der Waals surface area contributed by atoms with E-state index in [2.05, 4.69) is 33.1 Å². The van der Waals surface area contributed by atoms with Gasteiger partial charge in [0.2, 0.25) is 0 Å². The summed E-state index contributed by atoms with van der Waals surface area (Å²) in [5.41, 5.74) is 0. The van der Waals surface area contributed by atoms with Crippen molar-refractivity contribution in [2.75, 3.05) is 13.2 Å². The van der Waals surface area contributed by atoms with Gasteiger partial charge in [-0.25, -0.2) is 0 Å². The summed E-state index contributed by atoms with van der Waals surface area (Å²) in [5, 5.41) is 8.72. The lowest BCUT2D eigenvalue weighted by Crippen LogP contribution is -2.46. The molecule has 0 aromatic heterocycles. The number of rotatable bonds is 8. The molecule has 5 heteroatoms. The van der Waals surface area contributed by atoms with Crippen molar-refractivity contribution in [3.63, 3.8) is 0 Å². The number of unbranched alkanes of at least 4 members (excludes halogenated alkanes) is 1. The molecule has 0 amide bonds. The second kappa shape index (κ2) is 6.80. The molecule has 0 spiro atoms. The first-order valence-corrected chi connectivity index (χ1v) is 11.7. The highest BCUT2D eigenvalue weighted by atomic mass is 28.4. The van der Waals surface area contributed by atoms with Crippen LogP contribution in [0, 0.1) is 0 Å². The summed E-state index contributed by atoms with van der Waals surface area (Å²) < 4.78 is 11.8. The van der Waals surface area contributed by atoms with Crippen molar-refractivity contribution in [3.05, 3.63) is 0 Å². The van der Waals surface area contributed by atoms with Gasteiger partial charge in [-0.1, -0.05) is 19.8 Å². The fourth-order valence-corrected chi connectivity index (χ4v) is 9.39. The van der Waals surface area contributed by atoms with Crippen LogP contribution in [0.5, 0.6) is 0 Å². The van der Waals surface area contributed by atoms with Crippen LogP contribution < -0.4 is 0 Å². The molecule has 0 saturated heterocycles. The SMILES string of the molecule is CCCC[Si](C)(C)O[Si](C)(C)OCCO. The zero-order valence-electron chi connectivity index (χ0n) is 10.8. The molecule has 15 heavy (non-hydrogen) atoms. The maximum Gasteiger partial charge on any atom is 0.321 e. The van der Waals surface area contributed by atoms with E-state index in [1.165, 1.54) is 18.9 Å². The third-order valence-corrected chi connectivity index (χ3v) is 8.83. The Kier molecular flexibility index (Phi) is 6.94. The molecule has 0 aromatic carbocycles. The Balaban J connectivity index is 4.04. The molecule has 0 saturated carbocycles.